The van der Waals surface area contributed by atoms with Gasteiger partial charge in [-0.25, -0.2) is 12.7 Å². The first-order valence-electron chi connectivity index (χ1n) is 7.92. The van der Waals surface area contributed by atoms with Crippen molar-refractivity contribution < 1.29 is 13.2 Å². The van der Waals surface area contributed by atoms with E-state index in [1.807, 2.05) is 23.9 Å². The molecule has 1 saturated heterocycles. The predicted octanol–water partition coefficient (Wildman–Crippen LogP) is 2.01. The third kappa shape index (κ3) is 3.89. The Hall–Kier alpha value is -1.05. The second kappa shape index (κ2) is 6.83. The molecule has 5 nitrogen and oxygen atoms in total. The summed E-state index contributed by atoms with van der Waals surface area (Å²) < 4.78 is 24.5. The Morgan fingerprint density at radius 3 is 2.61 bits per heavy atom. The Labute approximate surface area is 141 Å². The fraction of sp³-hybridized carbons (Fsp3) is 0.562. The first-order chi connectivity index (χ1) is 10.9. The number of nitrogens with zero attached hydrogens (tertiary/aromatic N) is 1. The number of fused-ring (bicyclic) bond motifs is 1. The van der Waals surface area contributed by atoms with E-state index in [0.717, 1.165) is 12.2 Å². The number of amides is 1. The van der Waals surface area contributed by atoms with E-state index in [1.54, 1.807) is 0 Å². The van der Waals surface area contributed by atoms with Crippen LogP contribution in [-0.4, -0.2) is 43.7 Å². The maximum atomic E-state index is 12.5. The van der Waals surface area contributed by atoms with Gasteiger partial charge in [-0.05, 0) is 30.9 Å². The number of nitrogens with one attached hydrogen (secondary N) is 1. The summed E-state index contributed by atoms with van der Waals surface area (Å²) in [7, 11) is -3.14. The van der Waals surface area contributed by atoms with Crippen molar-refractivity contribution in [3.63, 3.8) is 0 Å². The molecule has 2 aliphatic rings. The van der Waals surface area contributed by atoms with Crippen LogP contribution in [0.4, 0.5) is 0 Å². The monoisotopic (exact) mass is 354 g/mol. The second-order valence-electron chi connectivity index (χ2n) is 6.17. The van der Waals surface area contributed by atoms with Crippen LogP contribution in [-0.2, 0) is 14.8 Å². The molecular weight excluding hydrogens is 332 g/mol. The van der Waals surface area contributed by atoms with Gasteiger partial charge in [0.25, 0.3) is 0 Å². The van der Waals surface area contributed by atoms with Gasteiger partial charge in [0.15, 0.2) is 0 Å². The summed E-state index contributed by atoms with van der Waals surface area (Å²) in [5.74, 6) is 0.980. The number of hydrogen-bond donors (Lipinski definition) is 1. The molecule has 1 N–H and O–H groups in total. The number of thioether (sulfide) groups is 1. The molecule has 23 heavy (non-hydrogen) atoms. The summed E-state index contributed by atoms with van der Waals surface area (Å²) in [6.07, 6.45) is 3.36. The van der Waals surface area contributed by atoms with Crippen LogP contribution >= 0.6 is 11.8 Å². The van der Waals surface area contributed by atoms with Gasteiger partial charge in [-0.15, -0.1) is 11.8 Å². The first kappa shape index (κ1) is 16.8. The van der Waals surface area contributed by atoms with Crippen LogP contribution in [0.25, 0.3) is 0 Å². The lowest BCUT2D eigenvalue weighted by molar-refractivity contribution is -0.126. The number of benzene rings is 1. The predicted molar refractivity (Wildman–Crippen MR) is 91.8 cm³/mol. The smallest absolute Gasteiger partial charge is 0.223 e. The molecule has 1 aromatic rings. The number of piperidine rings is 1. The van der Waals surface area contributed by atoms with Crippen molar-refractivity contribution in [1.29, 1.82) is 0 Å². The van der Waals surface area contributed by atoms with Crippen molar-refractivity contribution in [2.45, 2.75) is 30.2 Å². The first-order valence-corrected chi connectivity index (χ1v) is 10.8. The van der Waals surface area contributed by atoms with E-state index < -0.39 is 10.0 Å². The SMILES string of the molecule is CS(=O)(=O)N1CCC(C(=O)NC2CCSc3ccccc32)CC1. The van der Waals surface area contributed by atoms with Gasteiger partial charge in [-0.1, -0.05) is 18.2 Å². The molecule has 1 aromatic carbocycles. The Morgan fingerprint density at radius 1 is 1.22 bits per heavy atom. The van der Waals surface area contributed by atoms with Crippen LogP contribution < -0.4 is 5.32 Å². The van der Waals surface area contributed by atoms with Crippen molar-refractivity contribution in [2.75, 3.05) is 25.1 Å². The maximum Gasteiger partial charge on any atom is 0.223 e. The van der Waals surface area contributed by atoms with Gasteiger partial charge in [-0.2, -0.15) is 0 Å². The van der Waals surface area contributed by atoms with Crippen molar-refractivity contribution in [1.82, 2.24) is 9.62 Å². The molecule has 1 amide bonds. The van der Waals surface area contributed by atoms with E-state index in [9.17, 15) is 13.2 Å². The molecule has 1 unspecified atom stereocenters. The molecule has 0 spiro atoms. The quantitative estimate of drug-likeness (QED) is 0.902. The minimum Gasteiger partial charge on any atom is -0.349 e. The molecule has 0 bridgehead atoms. The Bertz CT molecular complexity index is 682. The average molecular weight is 354 g/mol. The molecule has 0 radical (unpaired) electrons. The van der Waals surface area contributed by atoms with E-state index >= 15 is 0 Å². The molecule has 0 saturated carbocycles. The zero-order valence-corrected chi connectivity index (χ0v) is 14.8. The standard InChI is InChI=1S/C16H22N2O3S2/c1-23(20,21)18-9-6-12(7-10-18)16(19)17-14-8-11-22-15-5-3-2-4-13(14)15/h2-5,12,14H,6-11H2,1H3,(H,17,19). The Balaban J connectivity index is 1.61. The van der Waals surface area contributed by atoms with Gasteiger partial charge < -0.3 is 5.32 Å². The molecule has 1 fully saturated rings. The number of hydrogen-bond acceptors (Lipinski definition) is 4. The highest BCUT2D eigenvalue weighted by Crippen LogP contribution is 2.36. The van der Waals surface area contributed by atoms with Crippen molar-refractivity contribution in [3.8, 4) is 0 Å². The van der Waals surface area contributed by atoms with Crippen molar-refractivity contribution >= 4 is 27.7 Å². The lowest BCUT2D eigenvalue weighted by Gasteiger charge is -2.32. The molecule has 2 aliphatic heterocycles. The van der Waals surface area contributed by atoms with E-state index in [4.69, 9.17) is 0 Å². The molecule has 3 rings (SSSR count). The Kier molecular flexibility index (Phi) is 4.98. The maximum absolute atomic E-state index is 12.5. The van der Waals surface area contributed by atoms with Gasteiger partial charge in [0, 0.05) is 29.7 Å². The van der Waals surface area contributed by atoms with Crippen LogP contribution in [0.1, 0.15) is 30.9 Å². The van der Waals surface area contributed by atoms with Crippen LogP contribution in [0.15, 0.2) is 29.2 Å². The summed E-state index contributed by atoms with van der Waals surface area (Å²) in [6.45, 7) is 0.877. The molecule has 7 heteroatoms. The van der Waals surface area contributed by atoms with Crippen molar-refractivity contribution in [2.24, 2.45) is 5.92 Å². The summed E-state index contributed by atoms with van der Waals surface area (Å²) in [6, 6.07) is 8.29. The summed E-state index contributed by atoms with van der Waals surface area (Å²) >= 11 is 1.83. The number of carbonyl (C=O) groups is 1. The topological polar surface area (TPSA) is 66.5 Å². The van der Waals surface area contributed by atoms with Gasteiger partial charge in [-0.3, -0.25) is 4.79 Å². The van der Waals surface area contributed by atoms with E-state index in [0.29, 0.717) is 25.9 Å². The fourth-order valence-corrected chi connectivity index (χ4v) is 5.23. The number of rotatable bonds is 3. The van der Waals surface area contributed by atoms with Gasteiger partial charge >= 0.3 is 0 Å². The molecule has 0 aromatic heterocycles. The third-order valence-corrected chi connectivity index (χ3v) is 6.99. The van der Waals surface area contributed by atoms with Crippen molar-refractivity contribution in [3.05, 3.63) is 29.8 Å². The number of sulfonamides is 1. The third-order valence-electron chi connectivity index (χ3n) is 4.57. The zero-order valence-electron chi connectivity index (χ0n) is 13.2. The molecular formula is C16H22N2O3S2. The molecule has 126 valence electrons. The molecule has 0 aliphatic carbocycles. The summed E-state index contributed by atoms with van der Waals surface area (Å²) in [5, 5.41) is 3.18. The minimum atomic E-state index is -3.14. The second-order valence-corrected chi connectivity index (χ2v) is 9.29. The average Bonchev–Trinajstić information content (AvgIpc) is 2.54. The van der Waals surface area contributed by atoms with Crippen LogP contribution in [0, 0.1) is 5.92 Å². The molecule has 2 heterocycles. The van der Waals surface area contributed by atoms with Crippen LogP contribution in [0.5, 0.6) is 0 Å². The number of carbonyl (C=O) groups excluding carboxylic acids is 1. The van der Waals surface area contributed by atoms with E-state index in [2.05, 4.69) is 17.4 Å². The highest BCUT2D eigenvalue weighted by atomic mass is 32.2. The van der Waals surface area contributed by atoms with Crippen LogP contribution in [0.2, 0.25) is 0 Å². The fourth-order valence-electron chi connectivity index (χ4n) is 3.23. The molecule has 1 atom stereocenters. The highest BCUT2D eigenvalue weighted by molar-refractivity contribution is 7.99. The summed E-state index contributed by atoms with van der Waals surface area (Å²) in [5.41, 5.74) is 1.20. The summed E-state index contributed by atoms with van der Waals surface area (Å²) in [4.78, 5) is 13.8. The lowest BCUT2D eigenvalue weighted by atomic mass is 9.95. The van der Waals surface area contributed by atoms with Gasteiger partial charge in [0.1, 0.15) is 0 Å². The van der Waals surface area contributed by atoms with Crippen LogP contribution in [0.3, 0.4) is 0 Å². The minimum absolute atomic E-state index is 0.0601. The van der Waals surface area contributed by atoms with E-state index in [1.165, 1.54) is 21.0 Å². The lowest BCUT2D eigenvalue weighted by Crippen LogP contribution is -2.43. The Morgan fingerprint density at radius 2 is 1.91 bits per heavy atom. The van der Waals surface area contributed by atoms with Gasteiger partial charge in [0.05, 0.1) is 12.3 Å². The largest absolute Gasteiger partial charge is 0.349 e. The zero-order chi connectivity index (χ0) is 16.4. The van der Waals surface area contributed by atoms with Gasteiger partial charge in [0.2, 0.25) is 15.9 Å². The normalized spacial score (nSPS) is 23.3. The van der Waals surface area contributed by atoms with E-state index in [-0.39, 0.29) is 17.9 Å². The highest BCUT2D eigenvalue weighted by Gasteiger charge is 2.31.